The van der Waals surface area contributed by atoms with Crippen molar-refractivity contribution in [2.45, 2.75) is 39.3 Å². The third kappa shape index (κ3) is 5.37. The molecule has 0 aliphatic heterocycles. The first-order valence-corrected chi connectivity index (χ1v) is 9.47. The van der Waals surface area contributed by atoms with Crippen LogP contribution < -0.4 is 21.9 Å². The molecule has 0 saturated heterocycles. The molecule has 0 bridgehead atoms. The van der Waals surface area contributed by atoms with Crippen LogP contribution in [0.3, 0.4) is 0 Å². The molecule has 10 nitrogen and oxygen atoms in total. The molecule has 1 unspecified atom stereocenters. The van der Waals surface area contributed by atoms with Gasteiger partial charge in [-0.25, -0.2) is 9.97 Å². The van der Waals surface area contributed by atoms with Crippen LogP contribution in [-0.2, 0) is 11.3 Å². The second-order valence-corrected chi connectivity index (χ2v) is 7.03. The largest absolute Gasteiger partial charge is 0.379 e. The van der Waals surface area contributed by atoms with E-state index in [4.69, 9.17) is 5.73 Å². The van der Waals surface area contributed by atoms with Gasteiger partial charge in [0.1, 0.15) is 5.78 Å². The van der Waals surface area contributed by atoms with Gasteiger partial charge in [0.05, 0.1) is 18.4 Å². The number of aromatic nitrogens is 4. The van der Waals surface area contributed by atoms with Crippen molar-refractivity contribution >= 4 is 34.5 Å². The standard InChI is InChI=1S/C20H23N7O3/c1-11(3-4-12(2)28)24-18(29)13-5-7-14(8-6-13)22-9-15-10-23-17-16(25-15)19(30)27-20(21)26-17/h5-8,10-11,22H,3-4,9H2,1-2H3,(H,24,29)(H3,21,23,26,27,30). The summed E-state index contributed by atoms with van der Waals surface area (Å²) >= 11 is 0. The summed E-state index contributed by atoms with van der Waals surface area (Å²) in [4.78, 5) is 50.0. The van der Waals surface area contributed by atoms with Crippen molar-refractivity contribution < 1.29 is 9.59 Å². The lowest BCUT2D eigenvalue weighted by atomic mass is 10.1. The van der Waals surface area contributed by atoms with Crippen molar-refractivity contribution in [3.63, 3.8) is 0 Å². The van der Waals surface area contributed by atoms with Crippen LogP contribution >= 0.6 is 0 Å². The van der Waals surface area contributed by atoms with E-state index in [1.165, 1.54) is 13.1 Å². The van der Waals surface area contributed by atoms with Crippen LogP contribution in [0.25, 0.3) is 11.2 Å². The molecule has 30 heavy (non-hydrogen) atoms. The van der Waals surface area contributed by atoms with E-state index < -0.39 is 5.56 Å². The number of anilines is 2. The summed E-state index contributed by atoms with van der Waals surface area (Å²) < 4.78 is 0. The number of hydrogen-bond acceptors (Lipinski definition) is 8. The molecule has 2 aromatic heterocycles. The summed E-state index contributed by atoms with van der Waals surface area (Å²) in [5.74, 6) is -0.0957. The number of benzene rings is 1. The van der Waals surface area contributed by atoms with E-state index in [9.17, 15) is 14.4 Å². The number of ketones is 1. The van der Waals surface area contributed by atoms with Crippen molar-refractivity contribution in [2.24, 2.45) is 0 Å². The molecule has 0 fully saturated rings. The van der Waals surface area contributed by atoms with Gasteiger partial charge in [-0.15, -0.1) is 0 Å². The zero-order valence-electron chi connectivity index (χ0n) is 16.7. The Kier molecular flexibility index (Phi) is 6.35. The van der Waals surface area contributed by atoms with Gasteiger partial charge in [-0.1, -0.05) is 0 Å². The van der Waals surface area contributed by atoms with Crippen LogP contribution in [0.4, 0.5) is 11.6 Å². The van der Waals surface area contributed by atoms with E-state index in [1.807, 2.05) is 6.92 Å². The summed E-state index contributed by atoms with van der Waals surface area (Å²) in [6, 6.07) is 6.88. The van der Waals surface area contributed by atoms with Gasteiger partial charge < -0.3 is 21.2 Å². The highest BCUT2D eigenvalue weighted by Crippen LogP contribution is 2.12. The molecule has 0 saturated carbocycles. The first kappa shape index (κ1) is 20.9. The first-order chi connectivity index (χ1) is 14.3. The Labute approximate surface area is 172 Å². The van der Waals surface area contributed by atoms with E-state index in [-0.39, 0.29) is 34.8 Å². The average Bonchev–Trinajstić information content (AvgIpc) is 2.71. The fourth-order valence-corrected chi connectivity index (χ4v) is 2.79. The Morgan fingerprint density at radius 3 is 2.63 bits per heavy atom. The maximum Gasteiger partial charge on any atom is 0.280 e. The third-order valence-electron chi connectivity index (χ3n) is 4.41. The molecule has 1 atom stereocenters. The molecule has 10 heteroatoms. The number of fused-ring (bicyclic) bond motifs is 1. The number of carbonyl (C=O) groups is 2. The van der Waals surface area contributed by atoms with Gasteiger partial charge in [0.25, 0.3) is 11.5 Å². The number of aromatic amines is 1. The molecule has 2 heterocycles. The van der Waals surface area contributed by atoms with Gasteiger partial charge in [0.2, 0.25) is 5.95 Å². The molecule has 5 N–H and O–H groups in total. The van der Waals surface area contributed by atoms with Gasteiger partial charge >= 0.3 is 0 Å². The number of nitrogens with zero attached hydrogens (tertiary/aromatic N) is 3. The van der Waals surface area contributed by atoms with E-state index in [1.54, 1.807) is 24.3 Å². The number of nitrogens with two attached hydrogens (primary N) is 1. The molecular formula is C20H23N7O3. The maximum absolute atomic E-state index is 12.3. The maximum atomic E-state index is 12.3. The van der Waals surface area contributed by atoms with Crippen LogP contribution in [-0.4, -0.2) is 37.7 Å². The van der Waals surface area contributed by atoms with Crippen molar-refractivity contribution in [1.29, 1.82) is 0 Å². The van der Waals surface area contributed by atoms with Gasteiger partial charge in [-0.05, 0) is 44.5 Å². The van der Waals surface area contributed by atoms with Crippen LogP contribution in [0.5, 0.6) is 0 Å². The number of amides is 1. The number of Topliss-reactive ketones (excluding diaryl/α,β-unsaturated/α-hetero) is 1. The van der Waals surface area contributed by atoms with Crippen LogP contribution in [0.2, 0.25) is 0 Å². The number of hydrogen-bond donors (Lipinski definition) is 4. The Morgan fingerprint density at radius 2 is 1.93 bits per heavy atom. The lowest BCUT2D eigenvalue weighted by Crippen LogP contribution is -2.32. The highest BCUT2D eigenvalue weighted by Gasteiger charge is 2.11. The minimum atomic E-state index is -0.445. The minimum absolute atomic E-state index is 0.00922. The van der Waals surface area contributed by atoms with E-state index in [2.05, 4.69) is 30.6 Å². The molecular weight excluding hydrogens is 386 g/mol. The van der Waals surface area contributed by atoms with Gasteiger partial charge in [-0.3, -0.25) is 14.6 Å². The first-order valence-electron chi connectivity index (χ1n) is 9.47. The lowest BCUT2D eigenvalue weighted by Gasteiger charge is -2.13. The summed E-state index contributed by atoms with van der Waals surface area (Å²) in [5, 5.41) is 6.05. The van der Waals surface area contributed by atoms with Crippen LogP contribution in [0.15, 0.2) is 35.3 Å². The predicted octanol–water partition coefficient (Wildman–Crippen LogP) is 1.39. The highest BCUT2D eigenvalue weighted by atomic mass is 16.2. The molecule has 0 spiro atoms. The van der Waals surface area contributed by atoms with E-state index in [0.29, 0.717) is 30.6 Å². The Morgan fingerprint density at radius 1 is 1.20 bits per heavy atom. The third-order valence-corrected chi connectivity index (χ3v) is 4.41. The van der Waals surface area contributed by atoms with Gasteiger partial charge in [0, 0.05) is 23.7 Å². The van der Waals surface area contributed by atoms with Crippen LogP contribution in [0, 0.1) is 0 Å². The monoisotopic (exact) mass is 409 g/mol. The topological polar surface area (TPSA) is 156 Å². The summed E-state index contributed by atoms with van der Waals surface area (Å²) in [7, 11) is 0. The smallest absolute Gasteiger partial charge is 0.280 e. The Balaban J connectivity index is 1.59. The predicted molar refractivity (Wildman–Crippen MR) is 113 cm³/mol. The molecule has 1 amide bonds. The highest BCUT2D eigenvalue weighted by molar-refractivity contribution is 5.94. The summed E-state index contributed by atoms with van der Waals surface area (Å²) in [5.41, 5.74) is 7.22. The summed E-state index contributed by atoms with van der Waals surface area (Å²) in [6.07, 6.45) is 2.57. The Bertz CT molecular complexity index is 1130. The molecule has 0 aliphatic carbocycles. The number of nitrogen functional groups attached to an aromatic ring is 1. The number of rotatable bonds is 8. The number of H-pyrrole nitrogens is 1. The number of carbonyl (C=O) groups excluding carboxylic acids is 2. The van der Waals surface area contributed by atoms with Crippen molar-refractivity contribution in [3.8, 4) is 0 Å². The second kappa shape index (κ2) is 9.12. The zero-order valence-corrected chi connectivity index (χ0v) is 16.7. The fraction of sp³-hybridized carbons (Fsp3) is 0.300. The van der Waals surface area contributed by atoms with Crippen molar-refractivity contribution in [1.82, 2.24) is 25.3 Å². The average molecular weight is 409 g/mol. The summed E-state index contributed by atoms with van der Waals surface area (Å²) in [6.45, 7) is 3.74. The quantitative estimate of drug-likeness (QED) is 0.435. The second-order valence-electron chi connectivity index (χ2n) is 7.03. The SMILES string of the molecule is CC(=O)CCC(C)NC(=O)c1ccc(NCc2cnc3nc(N)[nH]c(=O)c3n2)cc1. The van der Waals surface area contributed by atoms with Gasteiger partial charge in [0.15, 0.2) is 11.2 Å². The van der Waals surface area contributed by atoms with E-state index in [0.717, 1.165) is 5.69 Å². The Hall–Kier alpha value is -3.82. The van der Waals surface area contributed by atoms with Crippen molar-refractivity contribution in [2.75, 3.05) is 11.1 Å². The minimum Gasteiger partial charge on any atom is -0.379 e. The van der Waals surface area contributed by atoms with Gasteiger partial charge in [-0.2, -0.15) is 4.98 Å². The lowest BCUT2D eigenvalue weighted by molar-refractivity contribution is -0.117. The molecule has 156 valence electrons. The van der Waals surface area contributed by atoms with Crippen LogP contribution in [0.1, 0.15) is 42.7 Å². The zero-order chi connectivity index (χ0) is 21.7. The normalized spacial score (nSPS) is 11.8. The fourth-order valence-electron chi connectivity index (χ4n) is 2.79. The molecule has 0 radical (unpaired) electrons. The molecule has 3 aromatic rings. The number of nitrogens with one attached hydrogen (secondary N) is 3. The van der Waals surface area contributed by atoms with Crippen molar-refractivity contribution in [3.05, 3.63) is 52.1 Å². The van der Waals surface area contributed by atoms with E-state index >= 15 is 0 Å². The molecule has 3 rings (SSSR count). The molecule has 1 aromatic carbocycles. The molecule has 0 aliphatic rings.